The summed E-state index contributed by atoms with van der Waals surface area (Å²) >= 11 is 34.1. The van der Waals surface area contributed by atoms with Gasteiger partial charge in [-0.15, -0.1) is 0 Å². The average Bonchev–Trinajstić information content (AvgIpc) is 3.07. The average molecular weight is 1300 g/mol. The predicted octanol–water partition coefficient (Wildman–Crippen LogP) is 8.75. The van der Waals surface area contributed by atoms with Crippen LogP contribution in [0.3, 0.4) is 0 Å². The number of ether oxygens (including phenoxy) is 3. The van der Waals surface area contributed by atoms with E-state index in [1.165, 1.54) is 7.11 Å². The van der Waals surface area contributed by atoms with Gasteiger partial charge in [0.05, 0.1) is 44.3 Å². The molecule has 0 radical (unpaired) electrons. The molecule has 0 bridgehead atoms. The molecule has 0 saturated heterocycles. The number of carbonyl (C=O) groups is 2. The van der Waals surface area contributed by atoms with Gasteiger partial charge in [0.2, 0.25) is 0 Å². The van der Waals surface area contributed by atoms with Gasteiger partial charge in [-0.3, -0.25) is 9.59 Å². The van der Waals surface area contributed by atoms with Gasteiger partial charge < -0.3 is 30.0 Å². The standard InChI is InChI=1S/C16H15Cl2NO3.C15H13Cl2NO3.I3.I2/c1-21-10-22-15(20)9-11-5-2-3-8-14(11)19-16-12(17)6-4-7-13(16)18;16-11-5-3-6-12(17)15(11)18-13-7-2-1-4-10(13)8-14(20)21-9-19;1-3-2;1-2/h2-8,19H,9-10H2,1H3;1-7,18-19H,8-9H2;;/q;;-1;. The van der Waals surface area contributed by atoms with E-state index in [1.807, 2.05) is 30.3 Å². The van der Waals surface area contributed by atoms with E-state index >= 15 is 0 Å². The zero-order valence-corrected chi connectivity index (χ0v) is 38.6. The molecule has 3 N–H and O–H groups in total. The van der Waals surface area contributed by atoms with E-state index in [4.69, 9.17) is 61.0 Å². The quantitative estimate of drug-likeness (QED) is 0.0779. The van der Waals surface area contributed by atoms with Crippen molar-refractivity contribution in [2.45, 2.75) is 12.8 Å². The number of para-hydroxylation sites is 4. The number of anilines is 4. The number of aliphatic hydroxyl groups is 1. The van der Waals surface area contributed by atoms with Gasteiger partial charge in [0.1, 0.15) is 0 Å². The number of nitrogens with one attached hydrogen (secondary N) is 2. The topological polar surface area (TPSA) is 106 Å². The monoisotopic (exact) mass is 1300 g/mol. The fourth-order valence-electron chi connectivity index (χ4n) is 3.71. The van der Waals surface area contributed by atoms with E-state index < -0.39 is 12.8 Å². The molecule has 0 unspecified atom stereocenters. The van der Waals surface area contributed by atoms with Crippen molar-refractivity contribution >= 4 is 156 Å². The first kappa shape index (κ1) is 46.2. The van der Waals surface area contributed by atoms with Gasteiger partial charge in [-0.05, 0) is 47.5 Å². The number of benzene rings is 4. The Labute approximate surface area is 352 Å². The molecule has 0 aliphatic carbocycles. The second-order valence-electron chi connectivity index (χ2n) is 8.73. The van der Waals surface area contributed by atoms with Crippen LogP contribution in [0.4, 0.5) is 22.7 Å². The van der Waals surface area contributed by atoms with Crippen molar-refractivity contribution in [3.05, 3.63) is 116 Å². The van der Waals surface area contributed by atoms with E-state index in [9.17, 15) is 9.59 Å². The summed E-state index contributed by atoms with van der Waals surface area (Å²) in [5, 5.41) is 16.9. The second-order valence-corrected chi connectivity index (χ2v) is 26.6. The van der Waals surface area contributed by atoms with Crippen molar-refractivity contribution in [2.24, 2.45) is 0 Å². The Hall–Kier alpha value is 0.150. The zero-order chi connectivity index (χ0) is 35.9. The molecule has 17 heteroatoms. The van der Waals surface area contributed by atoms with Gasteiger partial charge in [0.25, 0.3) is 0 Å². The molecule has 0 atom stereocenters. The summed E-state index contributed by atoms with van der Waals surface area (Å²) in [6, 6.07) is 25.1. The first-order valence-corrected chi connectivity index (χ1v) is 33.5. The number of rotatable bonds is 11. The maximum atomic E-state index is 11.7. The number of esters is 2. The summed E-state index contributed by atoms with van der Waals surface area (Å²) in [5.41, 5.74) is 4.10. The van der Waals surface area contributed by atoms with E-state index in [0.717, 1.165) is 11.3 Å². The Morgan fingerprint density at radius 3 is 1.38 bits per heavy atom. The van der Waals surface area contributed by atoms with Crippen LogP contribution in [0.25, 0.3) is 0 Å². The maximum absolute atomic E-state index is 11.7. The second kappa shape index (κ2) is 27.8. The number of halogens is 9. The van der Waals surface area contributed by atoms with Gasteiger partial charge in [0, 0.05) is 55.7 Å². The number of hydrogen-bond donors (Lipinski definition) is 3. The van der Waals surface area contributed by atoms with Crippen LogP contribution >= 0.6 is 121 Å². The Balaban J connectivity index is 0.000000424. The summed E-state index contributed by atoms with van der Waals surface area (Å²) in [6.07, 6.45) is 0.153. The normalized spacial score (nSPS) is 9.79. The maximum Gasteiger partial charge on any atom is 0.312 e. The third-order valence-corrected chi connectivity index (χ3v) is 6.97. The molecule has 48 heavy (non-hydrogen) atoms. The molecule has 4 aromatic carbocycles. The molecule has 8 nitrogen and oxygen atoms in total. The van der Waals surface area contributed by atoms with Crippen LogP contribution in [0.2, 0.25) is 20.1 Å². The molecule has 0 fully saturated rings. The third kappa shape index (κ3) is 17.6. The Kier molecular flexibility index (Phi) is 26.7. The minimum absolute atomic E-state index is 0.0335. The smallest absolute Gasteiger partial charge is 0.312 e. The molecule has 4 aromatic rings. The Morgan fingerprint density at radius 1 is 0.667 bits per heavy atom. The minimum atomic E-state index is -0.634. The van der Waals surface area contributed by atoms with Crippen molar-refractivity contribution in [2.75, 3.05) is 31.3 Å². The van der Waals surface area contributed by atoms with Gasteiger partial charge in [-0.1, -0.05) is 94.9 Å². The molecule has 0 amide bonds. The summed E-state index contributed by atoms with van der Waals surface area (Å²) in [6.45, 7) is -0.699. The zero-order valence-electron chi connectivity index (χ0n) is 24.8. The first-order valence-electron chi connectivity index (χ1n) is 13.1. The molecular formula is C31H28Cl4I5N2O6-. The molecule has 0 spiro atoms. The van der Waals surface area contributed by atoms with Crippen molar-refractivity contribution in [1.82, 2.24) is 0 Å². The van der Waals surface area contributed by atoms with Gasteiger partial charge in [0.15, 0.2) is 13.6 Å². The molecule has 0 aliphatic heterocycles. The number of carbonyl (C=O) groups excluding carboxylic acids is 2. The van der Waals surface area contributed by atoms with Crippen LogP contribution in [0.1, 0.15) is 11.1 Å². The molecule has 0 heterocycles. The summed E-state index contributed by atoms with van der Waals surface area (Å²) in [5.74, 6) is -0.890. The number of methoxy groups -OCH3 is 1. The third-order valence-electron chi connectivity index (χ3n) is 5.71. The van der Waals surface area contributed by atoms with Gasteiger partial charge in [-0.2, -0.15) is 0 Å². The summed E-state index contributed by atoms with van der Waals surface area (Å²) < 4.78 is 14.2. The molecule has 262 valence electrons. The minimum Gasteiger partial charge on any atom is -0.438 e. The van der Waals surface area contributed by atoms with Crippen LogP contribution < -0.4 is 23.9 Å². The summed E-state index contributed by atoms with van der Waals surface area (Å²) in [4.78, 5) is 23.2. The van der Waals surface area contributed by atoms with Crippen LogP contribution in [0.15, 0.2) is 84.9 Å². The predicted molar refractivity (Wildman–Crippen MR) is 227 cm³/mol. The molecule has 0 saturated carbocycles. The molecular weight excluding hydrogens is 1270 g/mol. The number of hydrogen-bond acceptors (Lipinski definition) is 8. The fraction of sp³-hybridized carbons (Fsp3) is 0.161. The van der Waals surface area contributed by atoms with Crippen molar-refractivity contribution in [1.29, 1.82) is 0 Å². The van der Waals surface area contributed by atoms with Gasteiger partial charge >= 0.3 is 62.4 Å². The van der Waals surface area contributed by atoms with E-state index in [2.05, 4.69) is 89.8 Å². The van der Waals surface area contributed by atoms with Crippen LogP contribution in [-0.4, -0.2) is 37.7 Å². The first-order chi connectivity index (χ1) is 23.1. The summed E-state index contributed by atoms with van der Waals surface area (Å²) in [7, 11) is 1.46. The Bertz CT molecular complexity index is 1540. The van der Waals surface area contributed by atoms with E-state index in [1.54, 1.807) is 54.6 Å². The van der Waals surface area contributed by atoms with Crippen LogP contribution in [-0.2, 0) is 36.6 Å². The van der Waals surface area contributed by atoms with Gasteiger partial charge in [-0.25, -0.2) is 0 Å². The van der Waals surface area contributed by atoms with Crippen molar-refractivity contribution in [3.63, 3.8) is 0 Å². The Morgan fingerprint density at radius 2 is 1.02 bits per heavy atom. The molecule has 0 aromatic heterocycles. The van der Waals surface area contributed by atoms with Crippen LogP contribution in [0, 0.1) is 0 Å². The largest absolute Gasteiger partial charge is 0.438 e. The van der Waals surface area contributed by atoms with E-state index in [-0.39, 0.29) is 25.6 Å². The van der Waals surface area contributed by atoms with Crippen molar-refractivity contribution < 1.29 is 42.2 Å². The molecule has 0 aliphatic rings. The molecule has 4 rings (SSSR count). The number of aliphatic hydroxyl groups excluding tert-OH is 1. The van der Waals surface area contributed by atoms with E-state index in [0.29, 0.717) is 56.0 Å². The van der Waals surface area contributed by atoms with Crippen LogP contribution in [0.5, 0.6) is 0 Å². The van der Waals surface area contributed by atoms with Crippen molar-refractivity contribution in [3.8, 4) is 0 Å². The SMILES string of the molecule is COCOC(=O)Cc1ccccc1Nc1c(Cl)cccc1Cl.II.I[I-]I.O=C(Cc1ccccc1Nc1c(Cl)cccc1Cl)OCO. The fourth-order valence-corrected chi connectivity index (χ4v) is 4.69.